The molecule has 30 heavy (non-hydrogen) atoms. The molecule has 0 fully saturated rings. The number of hydrogen-bond donors (Lipinski definition) is 3. The molecule has 9 nitrogen and oxygen atoms in total. The molecule has 0 bridgehead atoms. The summed E-state index contributed by atoms with van der Waals surface area (Å²) in [6.45, 7) is 3.77. The number of aromatic nitrogens is 2. The number of rotatable bonds is 7. The fourth-order valence-corrected chi connectivity index (χ4v) is 5.51. The molecule has 0 spiro atoms. The van der Waals surface area contributed by atoms with Gasteiger partial charge in [-0.2, -0.15) is 0 Å². The van der Waals surface area contributed by atoms with E-state index in [2.05, 4.69) is 15.3 Å². The highest BCUT2D eigenvalue weighted by molar-refractivity contribution is 8.04. The zero-order chi connectivity index (χ0) is 22.1. The van der Waals surface area contributed by atoms with E-state index in [1.807, 2.05) is 19.9 Å². The lowest BCUT2D eigenvalue weighted by molar-refractivity contribution is -0.120. The second kappa shape index (κ2) is 8.17. The summed E-state index contributed by atoms with van der Waals surface area (Å²) in [5.74, 6) is -0.106. The van der Waals surface area contributed by atoms with Crippen molar-refractivity contribution in [2.45, 2.75) is 31.2 Å². The number of H-pyrrole nitrogens is 1. The van der Waals surface area contributed by atoms with E-state index in [4.69, 9.17) is 0 Å². The number of fused-ring (bicyclic) bond motifs is 1. The Kier molecular flexibility index (Phi) is 5.97. The van der Waals surface area contributed by atoms with Gasteiger partial charge in [0.2, 0.25) is 15.9 Å². The molecule has 0 radical (unpaired) electrons. The molecule has 2 heterocycles. The Morgan fingerprint density at radius 3 is 2.37 bits per heavy atom. The number of nitrogens with zero attached hydrogens (tertiary/aromatic N) is 1. The average Bonchev–Trinajstić information content (AvgIpc) is 3.01. The number of pyridine rings is 1. The van der Waals surface area contributed by atoms with Crippen molar-refractivity contribution in [2.75, 3.05) is 6.26 Å². The van der Waals surface area contributed by atoms with Crippen molar-refractivity contribution in [3.05, 3.63) is 48.3 Å². The summed E-state index contributed by atoms with van der Waals surface area (Å²) in [6, 6.07) is 9.51. The normalized spacial score (nSPS) is 12.4. The first-order valence-corrected chi connectivity index (χ1v) is 12.4. The minimum absolute atomic E-state index is 0.0440. The fourth-order valence-electron chi connectivity index (χ4n) is 3.04. The van der Waals surface area contributed by atoms with Crippen LogP contribution in [0.4, 0.5) is 0 Å². The van der Waals surface area contributed by atoms with Crippen LogP contribution in [0.5, 0.6) is 0 Å². The first kappa shape index (κ1) is 21.9. The van der Waals surface area contributed by atoms with E-state index in [0.717, 1.165) is 22.8 Å². The number of nitrogens with one attached hydrogen (secondary N) is 3. The van der Waals surface area contributed by atoms with Crippen LogP contribution in [-0.2, 0) is 31.3 Å². The second-order valence-corrected chi connectivity index (χ2v) is 10.9. The Labute approximate surface area is 175 Å². The van der Waals surface area contributed by atoms with Crippen molar-refractivity contribution in [1.82, 2.24) is 19.4 Å². The first-order valence-electron chi connectivity index (χ1n) is 9.04. The summed E-state index contributed by atoms with van der Waals surface area (Å²) in [5.41, 5.74) is 2.83. The SMILES string of the molecule is CC(C)NC(=O)Cc1cc2c(-c3ccc(S(=O)(=O)NS(C)(=O)=O)cc3)ccnc2[nH]1. The lowest BCUT2D eigenvalue weighted by Crippen LogP contribution is -2.31. The number of hydrogen-bond acceptors (Lipinski definition) is 6. The lowest BCUT2D eigenvalue weighted by atomic mass is 10.0. The number of benzene rings is 1. The minimum Gasteiger partial charge on any atom is -0.354 e. The van der Waals surface area contributed by atoms with Crippen LogP contribution in [0.1, 0.15) is 19.5 Å². The van der Waals surface area contributed by atoms with E-state index in [1.54, 1.807) is 28.5 Å². The molecule has 0 aliphatic heterocycles. The van der Waals surface area contributed by atoms with E-state index >= 15 is 0 Å². The van der Waals surface area contributed by atoms with Crippen LogP contribution in [0.15, 0.2) is 47.5 Å². The van der Waals surface area contributed by atoms with Crippen LogP contribution in [0.3, 0.4) is 0 Å². The number of amides is 1. The predicted octanol–water partition coefficient (Wildman–Crippen LogP) is 1.53. The Balaban J connectivity index is 1.92. The summed E-state index contributed by atoms with van der Waals surface area (Å²) < 4.78 is 48.4. The number of sulfonamides is 2. The molecule has 160 valence electrons. The molecule has 1 amide bonds. The zero-order valence-electron chi connectivity index (χ0n) is 16.6. The highest BCUT2D eigenvalue weighted by Crippen LogP contribution is 2.29. The van der Waals surface area contributed by atoms with Crippen LogP contribution in [-0.4, -0.2) is 45.0 Å². The van der Waals surface area contributed by atoms with Gasteiger partial charge in [-0.25, -0.2) is 21.8 Å². The average molecular weight is 451 g/mol. The molecular formula is C19H22N4O5S2. The van der Waals surface area contributed by atoms with E-state index in [1.165, 1.54) is 12.1 Å². The summed E-state index contributed by atoms with van der Waals surface area (Å²) in [7, 11) is -8.10. The van der Waals surface area contributed by atoms with E-state index < -0.39 is 20.0 Å². The van der Waals surface area contributed by atoms with Gasteiger partial charge in [0.25, 0.3) is 10.0 Å². The number of carbonyl (C=O) groups excluding carboxylic acids is 1. The highest BCUT2D eigenvalue weighted by Gasteiger charge is 2.19. The van der Waals surface area contributed by atoms with Gasteiger partial charge in [0.1, 0.15) is 5.65 Å². The molecule has 11 heteroatoms. The molecule has 3 aromatic rings. The molecule has 0 aliphatic carbocycles. The molecule has 3 N–H and O–H groups in total. The first-order chi connectivity index (χ1) is 13.9. The molecule has 2 aromatic heterocycles. The lowest BCUT2D eigenvalue weighted by Gasteiger charge is -2.07. The maximum absolute atomic E-state index is 12.1. The Morgan fingerprint density at radius 2 is 1.77 bits per heavy atom. The van der Waals surface area contributed by atoms with Gasteiger partial charge < -0.3 is 10.3 Å². The van der Waals surface area contributed by atoms with Crippen LogP contribution in [0.25, 0.3) is 22.2 Å². The van der Waals surface area contributed by atoms with Crippen molar-refractivity contribution in [2.24, 2.45) is 0 Å². The molecule has 0 atom stereocenters. The summed E-state index contributed by atoms with van der Waals surface area (Å²) >= 11 is 0. The zero-order valence-corrected chi connectivity index (χ0v) is 18.3. The Bertz CT molecular complexity index is 1290. The van der Waals surface area contributed by atoms with Crippen LogP contribution in [0, 0.1) is 0 Å². The summed E-state index contributed by atoms with van der Waals surface area (Å²) in [6.07, 6.45) is 2.57. The van der Waals surface area contributed by atoms with E-state index in [-0.39, 0.29) is 23.3 Å². The molecule has 0 unspecified atom stereocenters. The molecule has 0 saturated heterocycles. The van der Waals surface area contributed by atoms with Gasteiger partial charge in [-0.1, -0.05) is 12.1 Å². The third-order valence-corrected chi connectivity index (χ3v) is 7.11. The molecule has 0 aliphatic rings. The Morgan fingerprint density at radius 1 is 1.10 bits per heavy atom. The maximum atomic E-state index is 12.1. The predicted molar refractivity (Wildman–Crippen MR) is 114 cm³/mol. The quantitative estimate of drug-likeness (QED) is 0.499. The monoisotopic (exact) mass is 450 g/mol. The molecule has 0 saturated carbocycles. The maximum Gasteiger partial charge on any atom is 0.253 e. The third kappa shape index (κ3) is 5.23. The van der Waals surface area contributed by atoms with Crippen LogP contribution in [0.2, 0.25) is 0 Å². The Hall–Kier alpha value is -2.76. The van der Waals surface area contributed by atoms with Crippen LogP contribution >= 0.6 is 0 Å². The van der Waals surface area contributed by atoms with Crippen molar-refractivity contribution in [3.63, 3.8) is 0 Å². The van der Waals surface area contributed by atoms with Crippen molar-refractivity contribution >= 4 is 37.0 Å². The van der Waals surface area contributed by atoms with Gasteiger partial charge in [-0.15, -0.1) is 4.13 Å². The molecule has 3 rings (SSSR count). The van der Waals surface area contributed by atoms with Gasteiger partial charge >= 0.3 is 0 Å². The molecular weight excluding hydrogens is 428 g/mol. The molecule has 1 aromatic carbocycles. The van der Waals surface area contributed by atoms with Gasteiger partial charge in [-0.3, -0.25) is 4.79 Å². The highest BCUT2D eigenvalue weighted by atomic mass is 32.3. The van der Waals surface area contributed by atoms with Crippen LogP contribution < -0.4 is 9.44 Å². The minimum atomic E-state index is -4.18. The van der Waals surface area contributed by atoms with Gasteiger partial charge in [-0.05, 0) is 49.2 Å². The number of aromatic amines is 1. The van der Waals surface area contributed by atoms with Gasteiger partial charge in [0.05, 0.1) is 17.6 Å². The van der Waals surface area contributed by atoms with E-state index in [0.29, 0.717) is 11.3 Å². The van der Waals surface area contributed by atoms with E-state index in [9.17, 15) is 21.6 Å². The standard InChI is InChI=1S/C19H22N4O5S2/c1-12(2)21-18(24)11-14-10-17-16(8-9-20-19(17)22-14)13-4-6-15(7-5-13)30(27,28)23-29(3,25)26/h4-10,12,23H,11H2,1-3H3,(H,20,22)(H,21,24). The topological polar surface area (TPSA) is 138 Å². The van der Waals surface area contributed by atoms with Crippen molar-refractivity contribution < 1.29 is 21.6 Å². The fraction of sp³-hybridized carbons (Fsp3) is 0.263. The second-order valence-electron chi connectivity index (χ2n) is 7.20. The van der Waals surface area contributed by atoms with Gasteiger partial charge in [0.15, 0.2) is 0 Å². The van der Waals surface area contributed by atoms with Gasteiger partial charge in [0, 0.05) is 23.3 Å². The smallest absolute Gasteiger partial charge is 0.253 e. The number of carbonyl (C=O) groups is 1. The van der Waals surface area contributed by atoms with Crippen molar-refractivity contribution in [1.29, 1.82) is 0 Å². The summed E-state index contributed by atoms with van der Waals surface area (Å²) in [4.78, 5) is 19.3. The largest absolute Gasteiger partial charge is 0.354 e. The summed E-state index contributed by atoms with van der Waals surface area (Å²) in [5, 5.41) is 3.62. The third-order valence-electron chi connectivity index (χ3n) is 4.13. The van der Waals surface area contributed by atoms with Crippen molar-refractivity contribution in [3.8, 4) is 11.1 Å².